The van der Waals surface area contributed by atoms with Gasteiger partial charge in [0.15, 0.2) is 0 Å². The van der Waals surface area contributed by atoms with Crippen molar-refractivity contribution in [3.63, 3.8) is 0 Å². The number of hydrogen-bond acceptors (Lipinski definition) is 7. The van der Waals surface area contributed by atoms with Crippen LogP contribution in [0.5, 0.6) is 0 Å². The largest absolute Gasteiger partial charge is 0.372 e. The van der Waals surface area contributed by atoms with Gasteiger partial charge in [0.1, 0.15) is 18.0 Å². The first kappa shape index (κ1) is 17.9. The second-order valence-corrected chi connectivity index (χ2v) is 8.14. The van der Waals surface area contributed by atoms with Crippen LogP contribution >= 0.6 is 0 Å². The summed E-state index contributed by atoms with van der Waals surface area (Å²) >= 11 is 0. The summed E-state index contributed by atoms with van der Waals surface area (Å²) in [4.78, 5) is 16.3. The summed E-state index contributed by atoms with van der Waals surface area (Å²) in [5, 5.41) is 0. The predicted octanol–water partition coefficient (Wildman–Crippen LogP) is 0.956. The third-order valence-corrected chi connectivity index (χ3v) is 5.80. The van der Waals surface area contributed by atoms with E-state index in [0.29, 0.717) is 6.04 Å². The number of rotatable bonds is 3. The van der Waals surface area contributed by atoms with Gasteiger partial charge in [0.25, 0.3) is 0 Å². The summed E-state index contributed by atoms with van der Waals surface area (Å²) in [6.07, 6.45) is 4.83. The summed E-state index contributed by atoms with van der Waals surface area (Å²) in [6.45, 7) is 3.15. The van der Waals surface area contributed by atoms with Gasteiger partial charge in [-0.05, 0) is 39.8 Å². The van der Waals surface area contributed by atoms with Gasteiger partial charge >= 0.3 is 0 Å². The fourth-order valence-electron chi connectivity index (χ4n) is 4.08. The lowest BCUT2D eigenvalue weighted by molar-refractivity contribution is -0.00461. The first-order valence-corrected chi connectivity index (χ1v) is 9.74. The molecule has 4 rings (SSSR count). The van der Waals surface area contributed by atoms with Crippen molar-refractivity contribution >= 4 is 11.8 Å². The predicted molar refractivity (Wildman–Crippen MR) is 102 cm³/mol. The van der Waals surface area contributed by atoms with Crippen LogP contribution in [0.3, 0.4) is 0 Å². The van der Waals surface area contributed by atoms with Crippen LogP contribution in [-0.2, 0) is 22.3 Å². The van der Waals surface area contributed by atoms with Gasteiger partial charge in [-0.2, -0.15) is 4.98 Å². The van der Waals surface area contributed by atoms with E-state index in [9.17, 15) is 0 Å². The van der Waals surface area contributed by atoms with Gasteiger partial charge in [0.2, 0.25) is 5.95 Å². The number of aromatic nitrogens is 2. The Labute approximate surface area is 156 Å². The lowest BCUT2D eigenvalue weighted by Gasteiger charge is -2.27. The lowest BCUT2D eigenvalue weighted by atomic mass is 9.96. The van der Waals surface area contributed by atoms with Crippen molar-refractivity contribution in [2.24, 2.45) is 0 Å². The summed E-state index contributed by atoms with van der Waals surface area (Å²) in [5.41, 5.74) is 2.57. The minimum atomic E-state index is 0.122. The molecule has 0 aromatic carbocycles. The Balaban J connectivity index is 1.57. The van der Waals surface area contributed by atoms with E-state index < -0.39 is 0 Å². The van der Waals surface area contributed by atoms with E-state index in [-0.39, 0.29) is 12.2 Å². The summed E-state index contributed by atoms with van der Waals surface area (Å²) in [7, 11) is 8.19. The zero-order valence-corrected chi connectivity index (χ0v) is 16.4. The van der Waals surface area contributed by atoms with Crippen LogP contribution < -0.4 is 9.80 Å². The van der Waals surface area contributed by atoms with Crippen molar-refractivity contribution in [3.05, 3.63) is 11.3 Å². The van der Waals surface area contributed by atoms with Crippen molar-refractivity contribution in [3.8, 4) is 0 Å². The molecule has 3 heterocycles. The number of ether oxygens (including phenoxy) is 2. The van der Waals surface area contributed by atoms with Crippen molar-refractivity contribution in [2.45, 2.75) is 43.9 Å². The van der Waals surface area contributed by atoms with Gasteiger partial charge in [0, 0.05) is 32.7 Å². The van der Waals surface area contributed by atoms with Crippen LogP contribution in [0.1, 0.15) is 24.1 Å². The minimum Gasteiger partial charge on any atom is -0.372 e. The molecule has 2 atom stereocenters. The number of likely N-dealkylation sites (N-methyl/N-ethyl adjacent to an activating group) is 1. The molecule has 0 unspecified atom stereocenters. The monoisotopic (exact) mass is 361 g/mol. The average Bonchev–Trinajstić information content (AvgIpc) is 2.93. The van der Waals surface area contributed by atoms with Crippen LogP contribution in [0.25, 0.3) is 0 Å². The van der Waals surface area contributed by atoms with E-state index in [1.54, 1.807) is 0 Å². The molecule has 1 aromatic rings. The summed E-state index contributed by atoms with van der Waals surface area (Å²) < 4.78 is 12.4. The van der Waals surface area contributed by atoms with E-state index in [1.165, 1.54) is 24.1 Å². The molecule has 0 spiro atoms. The van der Waals surface area contributed by atoms with E-state index in [0.717, 1.165) is 50.9 Å². The maximum atomic E-state index is 6.21. The zero-order chi connectivity index (χ0) is 18.3. The maximum Gasteiger partial charge on any atom is 0.227 e. The van der Waals surface area contributed by atoms with Crippen LogP contribution in [-0.4, -0.2) is 87.6 Å². The molecule has 2 fully saturated rings. The van der Waals surface area contributed by atoms with Crippen LogP contribution in [0.2, 0.25) is 0 Å². The molecule has 2 saturated heterocycles. The van der Waals surface area contributed by atoms with Crippen LogP contribution in [0.4, 0.5) is 11.8 Å². The fourth-order valence-corrected chi connectivity index (χ4v) is 4.08. The summed E-state index contributed by atoms with van der Waals surface area (Å²) in [5.74, 6) is 1.91. The Morgan fingerprint density at radius 1 is 0.923 bits per heavy atom. The molecule has 7 nitrogen and oxygen atoms in total. The number of nitrogens with zero attached hydrogens (tertiary/aromatic N) is 5. The third-order valence-electron chi connectivity index (χ3n) is 5.80. The molecule has 1 aliphatic carbocycles. The average molecular weight is 361 g/mol. The maximum absolute atomic E-state index is 6.21. The molecule has 2 aliphatic heterocycles. The number of hydrogen-bond donors (Lipinski definition) is 0. The molecule has 0 amide bonds. The Hall–Kier alpha value is -1.44. The topological polar surface area (TPSA) is 54.0 Å². The smallest absolute Gasteiger partial charge is 0.227 e. The summed E-state index contributed by atoms with van der Waals surface area (Å²) in [6, 6.07) is 0.334. The Morgan fingerprint density at radius 2 is 1.58 bits per heavy atom. The Bertz CT molecular complexity index is 635. The van der Waals surface area contributed by atoms with Crippen molar-refractivity contribution in [1.82, 2.24) is 14.9 Å². The Morgan fingerprint density at radius 3 is 2.19 bits per heavy atom. The highest BCUT2D eigenvalue weighted by Crippen LogP contribution is 2.33. The van der Waals surface area contributed by atoms with E-state index in [1.807, 2.05) is 19.0 Å². The zero-order valence-electron chi connectivity index (χ0n) is 16.4. The minimum absolute atomic E-state index is 0.122. The highest BCUT2D eigenvalue weighted by molar-refractivity contribution is 5.55. The molecule has 1 aromatic heterocycles. The highest BCUT2D eigenvalue weighted by atomic mass is 16.6. The number of anilines is 2. The van der Waals surface area contributed by atoms with Gasteiger partial charge in [-0.1, -0.05) is 0 Å². The molecule has 7 heteroatoms. The van der Waals surface area contributed by atoms with E-state index in [2.05, 4.69) is 23.9 Å². The number of fused-ring (bicyclic) bond motifs is 2. The molecule has 3 aliphatic rings. The normalized spacial score (nSPS) is 26.6. The van der Waals surface area contributed by atoms with Crippen molar-refractivity contribution in [2.75, 3.05) is 64.3 Å². The van der Waals surface area contributed by atoms with Gasteiger partial charge < -0.3 is 24.2 Å². The highest BCUT2D eigenvalue weighted by Gasteiger charge is 2.39. The molecular weight excluding hydrogens is 330 g/mol. The SMILES string of the molecule is CN(C)c1nc2c(c(N3C[C@@H]4OCC(N(C)C)CO[C@H]4C3)n1)CCCC2. The first-order chi connectivity index (χ1) is 12.5. The first-order valence-electron chi connectivity index (χ1n) is 9.74. The fraction of sp³-hybridized carbons (Fsp3) is 0.789. The number of aryl methyl sites for hydroxylation is 1. The van der Waals surface area contributed by atoms with Gasteiger partial charge in [-0.25, -0.2) is 4.98 Å². The van der Waals surface area contributed by atoms with Crippen LogP contribution in [0.15, 0.2) is 0 Å². The van der Waals surface area contributed by atoms with E-state index in [4.69, 9.17) is 19.4 Å². The quantitative estimate of drug-likeness (QED) is 0.795. The Kier molecular flexibility index (Phi) is 5.03. The van der Waals surface area contributed by atoms with Gasteiger partial charge in [-0.3, -0.25) is 0 Å². The molecule has 144 valence electrons. The van der Waals surface area contributed by atoms with Crippen LogP contribution in [0, 0.1) is 0 Å². The van der Waals surface area contributed by atoms with Gasteiger partial charge in [0.05, 0.1) is 24.9 Å². The molecule has 0 bridgehead atoms. The second-order valence-electron chi connectivity index (χ2n) is 8.14. The van der Waals surface area contributed by atoms with Crippen molar-refractivity contribution in [1.29, 1.82) is 0 Å². The second kappa shape index (κ2) is 7.29. The van der Waals surface area contributed by atoms with Gasteiger partial charge in [-0.15, -0.1) is 0 Å². The molecule has 26 heavy (non-hydrogen) atoms. The molecular formula is C19H31N5O2. The molecule has 0 radical (unpaired) electrons. The molecule has 0 saturated carbocycles. The standard InChI is InChI=1S/C19H31N5O2/c1-22(2)13-11-25-16-9-24(10-17(16)26-12-13)18-14-7-5-6-8-15(14)20-19(21-18)23(3)4/h13,16-17H,5-12H2,1-4H3/t16-,17-/m0/s1. The third kappa shape index (κ3) is 3.40. The van der Waals surface area contributed by atoms with E-state index >= 15 is 0 Å². The lowest BCUT2D eigenvalue weighted by Crippen LogP contribution is -2.36. The molecule has 0 N–H and O–H groups in total. The van der Waals surface area contributed by atoms with Crippen molar-refractivity contribution < 1.29 is 9.47 Å².